The lowest BCUT2D eigenvalue weighted by molar-refractivity contribution is 0.0955. The fourth-order valence-corrected chi connectivity index (χ4v) is 2.02. The van der Waals surface area contributed by atoms with Gasteiger partial charge in [-0.3, -0.25) is 9.10 Å². The largest absolute Gasteiger partial charge is 0.496 e. The van der Waals surface area contributed by atoms with Crippen LogP contribution >= 0.6 is 0 Å². The van der Waals surface area contributed by atoms with E-state index in [1.54, 1.807) is 18.2 Å². The van der Waals surface area contributed by atoms with Crippen LogP contribution in [0, 0.1) is 0 Å². The van der Waals surface area contributed by atoms with E-state index in [0.717, 1.165) is 10.6 Å². The number of hydrogen-bond donors (Lipinski definition) is 1. The van der Waals surface area contributed by atoms with Crippen LogP contribution in [0.5, 0.6) is 5.75 Å². The first-order valence-electron chi connectivity index (χ1n) is 5.82. The second-order valence-electron chi connectivity index (χ2n) is 4.11. The highest BCUT2D eigenvalue weighted by Crippen LogP contribution is 2.25. The lowest BCUT2D eigenvalue weighted by Crippen LogP contribution is -2.27. The summed E-state index contributed by atoms with van der Waals surface area (Å²) in [6, 6.07) is 4.60. The molecule has 0 fully saturated rings. The van der Waals surface area contributed by atoms with Crippen molar-refractivity contribution in [3.63, 3.8) is 0 Å². The Kier molecular flexibility index (Phi) is 5.15. The molecule has 0 aliphatic heterocycles. The van der Waals surface area contributed by atoms with Crippen molar-refractivity contribution in [3.8, 4) is 5.75 Å². The molecule has 1 rings (SSSR count). The number of hydrogen-bond acceptors (Lipinski definition) is 4. The van der Waals surface area contributed by atoms with E-state index in [0.29, 0.717) is 18.0 Å². The van der Waals surface area contributed by atoms with E-state index in [9.17, 15) is 13.2 Å². The van der Waals surface area contributed by atoms with Gasteiger partial charge in [-0.25, -0.2) is 8.42 Å². The number of benzene rings is 1. The van der Waals surface area contributed by atoms with Gasteiger partial charge in [-0.15, -0.1) is 6.58 Å². The zero-order valence-corrected chi connectivity index (χ0v) is 12.5. The highest BCUT2D eigenvalue weighted by atomic mass is 32.2. The summed E-state index contributed by atoms with van der Waals surface area (Å²) in [6.45, 7) is 3.83. The first kappa shape index (κ1) is 16.0. The standard InChI is InChI=1S/C13H18N2O4S/c1-5-8-14-13(16)11-9-10(6-7-12(11)19-3)15(2)20(4,17)18/h5-7,9H,1,8H2,2-4H3,(H,14,16). The second-order valence-corrected chi connectivity index (χ2v) is 6.13. The molecule has 0 radical (unpaired) electrons. The summed E-state index contributed by atoms with van der Waals surface area (Å²) < 4.78 is 29.2. The third-order valence-electron chi connectivity index (χ3n) is 2.70. The minimum absolute atomic E-state index is 0.266. The Morgan fingerprint density at radius 1 is 1.50 bits per heavy atom. The third-order valence-corrected chi connectivity index (χ3v) is 3.90. The van der Waals surface area contributed by atoms with Crippen LogP contribution in [-0.2, 0) is 10.0 Å². The van der Waals surface area contributed by atoms with Crippen molar-refractivity contribution in [2.45, 2.75) is 0 Å². The van der Waals surface area contributed by atoms with Crippen LogP contribution in [0.3, 0.4) is 0 Å². The summed E-state index contributed by atoms with van der Waals surface area (Å²) in [4.78, 5) is 12.0. The molecule has 1 aromatic rings. The minimum atomic E-state index is -3.39. The first-order chi connectivity index (χ1) is 9.31. The van der Waals surface area contributed by atoms with E-state index in [-0.39, 0.29) is 11.5 Å². The number of anilines is 1. The molecule has 0 aliphatic rings. The van der Waals surface area contributed by atoms with Gasteiger partial charge in [-0.2, -0.15) is 0 Å². The number of carbonyl (C=O) groups is 1. The fourth-order valence-electron chi connectivity index (χ4n) is 1.52. The molecule has 0 aromatic heterocycles. The van der Waals surface area contributed by atoms with Gasteiger partial charge in [-0.1, -0.05) is 6.08 Å². The highest BCUT2D eigenvalue weighted by Gasteiger charge is 2.17. The van der Waals surface area contributed by atoms with E-state index in [4.69, 9.17) is 4.74 Å². The lowest BCUT2D eigenvalue weighted by Gasteiger charge is -2.18. The SMILES string of the molecule is C=CCNC(=O)c1cc(N(C)S(C)(=O)=O)ccc1OC. The monoisotopic (exact) mass is 298 g/mol. The van der Waals surface area contributed by atoms with Crippen LogP contribution in [0.2, 0.25) is 0 Å². The lowest BCUT2D eigenvalue weighted by atomic mass is 10.1. The van der Waals surface area contributed by atoms with E-state index in [1.807, 2.05) is 0 Å². The molecule has 0 heterocycles. The van der Waals surface area contributed by atoms with Gasteiger partial charge >= 0.3 is 0 Å². The molecule has 110 valence electrons. The van der Waals surface area contributed by atoms with Gasteiger partial charge in [0.15, 0.2) is 0 Å². The van der Waals surface area contributed by atoms with Crippen molar-refractivity contribution >= 4 is 21.6 Å². The zero-order chi connectivity index (χ0) is 15.3. The van der Waals surface area contributed by atoms with Crippen LogP contribution in [0.25, 0.3) is 0 Å². The number of rotatable bonds is 6. The molecule has 7 heteroatoms. The summed E-state index contributed by atoms with van der Waals surface area (Å²) in [5, 5.41) is 2.62. The highest BCUT2D eigenvalue weighted by molar-refractivity contribution is 7.92. The summed E-state index contributed by atoms with van der Waals surface area (Å²) in [7, 11) is -0.527. The van der Waals surface area contributed by atoms with E-state index < -0.39 is 10.0 Å². The Bertz CT molecular complexity index is 611. The minimum Gasteiger partial charge on any atom is -0.496 e. The van der Waals surface area contributed by atoms with Gasteiger partial charge < -0.3 is 10.1 Å². The van der Waals surface area contributed by atoms with Crippen LogP contribution in [0.15, 0.2) is 30.9 Å². The van der Waals surface area contributed by atoms with Crippen molar-refractivity contribution < 1.29 is 17.9 Å². The molecule has 0 saturated carbocycles. The Morgan fingerprint density at radius 2 is 2.15 bits per heavy atom. The second kappa shape index (κ2) is 6.42. The maximum Gasteiger partial charge on any atom is 0.255 e. The first-order valence-corrected chi connectivity index (χ1v) is 7.67. The number of methoxy groups -OCH3 is 1. The summed E-state index contributed by atoms with van der Waals surface area (Å²) in [5.41, 5.74) is 0.652. The summed E-state index contributed by atoms with van der Waals surface area (Å²) in [5.74, 6) is 0.0164. The fraction of sp³-hybridized carbons (Fsp3) is 0.308. The molecule has 0 atom stereocenters. The molecule has 0 spiro atoms. The molecule has 1 N–H and O–H groups in total. The van der Waals surface area contributed by atoms with Gasteiger partial charge in [0.05, 0.1) is 24.6 Å². The molecule has 6 nitrogen and oxygen atoms in total. The number of amides is 1. The molecule has 1 amide bonds. The van der Waals surface area contributed by atoms with Gasteiger partial charge in [0.1, 0.15) is 5.75 Å². The normalized spacial score (nSPS) is 10.8. The van der Waals surface area contributed by atoms with E-state index in [2.05, 4.69) is 11.9 Å². The van der Waals surface area contributed by atoms with Crippen LogP contribution in [0.1, 0.15) is 10.4 Å². The van der Waals surface area contributed by atoms with Crippen LogP contribution in [-0.4, -0.2) is 41.3 Å². The smallest absolute Gasteiger partial charge is 0.255 e. The Labute approximate surface area is 119 Å². The molecule has 0 bridgehead atoms. The third kappa shape index (κ3) is 3.74. The van der Waals surface area contributed by atoms with Gasteiger partial charge in [0.2, 0.25) is 10.0 Å². The number of ether oxygens (including phenoxy) is 1. The predicted octanol–water partition coefficient (Wildman–Crippen LogP) is 1.01. The summed E-state index contributed by atoms with van der Waals surface area (Å²) >= 11 is 0. The van der Waals surface area contributed by atoms with Gasteiger partial charge in [0, 0.05) is 13.6 Å². The topological polar surface area (TPSA) is 75.7 Å². The summed E-state index contributed by atoms with van der Waals surface area (Å²) in [6.07, 6.45) is 2.64. The van der Waals surface area contributed by atoms with Crippen molar-refractivity contribution in [2.24, 2.45) is 0 Å². The van der Waals surface area contributed by atoms with Crippen molar-refractivity contribution in [2.75, 3.05) is 31.3 Å². The number of sulfonamides is 1. The van der Waals surface area contributed by atoms with Crippen LogP contribution < -0.4 is 14.4 Å². The van der Waals surface area contributed by atoms with E-state index in [1.165, 1.54) is 20.2 Å². The van der Waals surface area contributed by atoms with Gasteiger partial charge in [-0.05, 0) is 18.2 Å². The van der Waals surface area contributed by atoms with Crippen molar-refractivity contribution in [1.82, 2.24) is 5.32 Å². The van der Waals surface area contributed by atoms with Gasteiger partial charge in [0.25, 0.3) is 5.91 Å². The van der Waals surface area contributed by atoms with Crippen molar-refractivity contribution in [1.29, 1.82) is 0 Å². The average Bonchev–Trinajstić information content (AvgIpc) is 2.42. The van der Waals surface area contributed by atoms with Crippen molar-refractivity contribution in [3.05, 3.63) is 36.4 Å². The predicted molar refractivity (Wildman–Crippen MR) is 78.8 cm³/mol. The molecular weight excluding hydrogens is 280 g/mol. The Balaban J connectivity index is 3.21. The molecular formula is C13H18N2O4S. The number of carbonyl (C=O) groups excluding carboxylic acids is 1. The number of nitrogens with zero attached hydrogens (tertiary/aromatic N) is 1. The average molecular weight is 298 g/mol. The maximum atomic E-state index is 12.0. The van der Waals surface area contributed by atoms with Crippen LogP contribution in [0.4, 0.5) is 5.69 Å². The molecule has 0 aliphatic carbocycles. The molecule has 1 aromatic carbocycles. The van der Waals surface area contributed by atoms with E-state index >= 15 is 0 Å². The number of nitrogens with one attached hydrogen (secondary N) is 1. The molecule has 20 heavy (non-hydrogen) atoms. The molecule has 0 saturated heterocycles. The zero-order valence-electron chi connectivity index (χ0n) is 11.7. The molecule has 0 unspecified atom stereocenters. The maximum absolute atomic E-state index is 12.0. The Morgan fingerprint density at radius 3 is 2.65 bits per heavy atom. The Hall–Kier alpha value is -2.02. The quantitative estimate of drug-likeness (QED) is 0.795.